The number of furan rings is 1. The van der Waals surface area contributed by atoms with Crippen molar-refractivity contribution in [2.24, 2.45) is 0 Å². The molecule has 2 aromatic rings. The lowest BCUT2D eigenvalue weighted by atomic mass is 10.2. The standard InChI is InChI=1S/C16H16Cl5NO2/c1-22(2)7-3-4-9-5-6-10(24-9)8-23-16-14(20)12(18)11(17)13(19)15(16)21/h5-6H,3-4,7-8H2,1-2H3. The molecule has 0 radical (unpaired) electrons. The van der Waals surface area contributed by atoms with Crippen LogP contribution in [0.25, 0.3) is 0 Å². The predicted molar refractivity (Wildman–Crippen MR) is 101 cm³/mol. The third kappa shape index (κ3) is 4.87. The van der Waals surface area contributed by atoms with Gasteiger partial charge in [0, 0.05) is 6.42 Å². The summed E-state index contributed by atoms with van der Waals surface area (Å²) >= 11 is 30.2. The lowest BCUT2D eigenvalue weighted by Gasteiger charge is -2.13. The van der Waals surface area contributed by atoms with E-state index in [1.807, 2.05) is 26.2 Å². The summed E-state index contributed by atoms with van der Waals surface area (Å²) in [5.74, 6) is 1.74. The molecule has 0 saturated carbocycles. The fourth-order valence-electron chi connectivity index (χ4n) is 2.06. The molecule has 0 aliphatic rings. The molecule has 0 aliphatic carbocycles. The van der Waals surface area contributed by atoms with Gasteiger partial charge >= 0.3 is 0 Å². The topological polar surface area (TPSA) is 25.6 Å². The second kappa shape index (κ2) is 8.88. The summed E-state index contributed by atoms with van der Waals surface area (Å²) in [5, 5.41) is 0.544. The summed E-state index contributed by atoms with van der Waals surface area (Å²) in [6, 6.07) is 3.78. The molecule has 0 spiro atoms. The predicted octanol–water partition coefficient (Wildman–Crippen LogP) is 6.62. The summed E-state index contributed by atoms with van der Waals surface area (Å²) in [5.41, 5.74) is 0. The fourth-order valence-corrected chi connectivity index (χ4v) is 3.29. The molecule has 2 rings (SSSR count). The van der Waals surface area contributed by atoms with Gasteiger partial charge in [0.15, 0.2) is 5.75 Å². The van der Waals surface area contributed by atoms with Crippen LogP contribution in [0.3, 0.4) is 0 Å². The lowest BCUT2D eigenvalue weighted by molar-refractivity contribution is 0.265. The second-order valence-corrected chi connectivity index (χ2v) is 7.35. The van der Waals surface area contributed by atoms with E-state index in [-0.39, 0.29) is 37.5 Å². The molecule has 0 amide bonds. The van der Waals surface area contributed by atoms with Gasteiger partial charge in [-0.05, 0) is 39.2 Å². The van der Waals surface area contributed by atoms with Gasteiger partial charge in [-0.3, -0.25) is 0 Å². The highest BCUT2D eigenvalue weighted by Gasteiger charge is 2.20. The van der Waals surface area contributed by atoms with E-state index in [9.17, 15) is 0 Å². The minimum Gasteiger partial charge on any atom is -0.482 e. The van der Waals surface area contributed by atoms with Crippen molar-refractivity contribution in [2.75, 3.05) is 20.6 Å². The Labute approximate surface area is 166 Å². The Morgan fingerprint density at radius 1 is 0.875 bits per heavy atom. The summed E-state index contributed by atoms with van der Waals surface area (Å²) < 4.78 is 11.4. The van der Waals surface area contributed by atoms with Crippen molar-refractivity contribution >= 4 is 58.0 Å². The molecular formula is C16H16Cl5NO2. The van der Waals surface area contributed by atoms with Crippen molar-refractivity contribution in [1.29, 1.82) is 0 Å². The van der Waals surface area contributed by atoms with Gasteiger partial charge in [0.1, 0.15) is 28.2 Å². The van der Waals surface area contributed by atoms with Crippen LogP contribution in [0.1, 0.15) is 17.9 Å². The monoisotopic (exact) mass is 429 g/mol. The molecule has 1 heterocycles. The molecule has 0 aliphatic heterocycles. The zero-order valence-corrected chi connectivity index (χ0v) is 16.9. The third-order valence-corrected chi connectivity index (χ3v) is 5.52. The van der Waals surface area contributed by atoms with Crippen molar-refractivity contribution in [2.45, 2.75) is 19.4 Å². The Kier molecular flexibility index (Phi) is 7.41. The molecule has 0 bridgehead atoms. The van der Waals surface area contributed by atoms with Crippen molar-refractivity contribution in [1.82, 2.24) is 4.90 Å². The highest BCUT2D eigenvalue weighted by atomic mass is 35.5. The zero-order chi connectivity index (χ0) is 17.9. The van der Waals surface area contributed by atoms with E-state index in [0.717, 1.165) is 25.1 Å². The third-order valence-electron chi connectivity index (χ3n) is 3.27. The van der Waals surface area contributed by atoms with Crippen LogP contribution in [0, 0.1) is 0 Å². The second-order valence-electron chi connectivity index (χ2n) is 5.46. The summed E-state index contributed by atoms with van der Waals surface area (Å²) in [4.78, 5) is 2.13. The first-order valence-corrected chi connectivity index (χ1v) is 9.06. The van der Waals surface area contributed by atoms with Crippen LogP contribution in [-0.4, -0.2) is 25.5 Å². The summed E-state index contributed by atoms with van der Waals surface area (Å²) in [6.45, 7) is 1.15. The molecule has 0 saturated heterocycles. The smallest absolute Gasteiger partial charge is 0.160 e. The van der Waals surface area contributed by atoms with Gasteiger partial charge in [-0.25, -0.2) is 0 Å². The van der Waals surface area contributed by atoms with E-state index in [2.05, 4.69) is 4.90 Å². The van der Waals surface area contributed by atoms with Gasteiger partial charge in [-0.15, -0.1) is 0 Å². The average Bonchev–Trinajstić information content (AvgIpc) is 2.98. The van der Waals surface area contributed by atoms with Crippen molar-refractivity contribution in [3.8, 4) is 5.75 Å². The number of ether oxygens (including phenoxy) is 1. The first-order chi connectivity index (χ1) is 11.3. The number of halogens is 5. The molecule has 0 fully saturated rings. The van der Waals surface area contributed by atoms with Crippen LogP contribution < -0.4 is 4.74 Å². The SMILES string of the molecule is CN(C)CCCc1ccc(COc2c(Cl)c(Cl)c(Cl)c(Cl)c2Cl)o1. The number of hydrogen-bond acceptors (Lipinski definition) is 3. The minimum atomic E-state index is 0.0989. The number of rotatable bonds is 7. The number of hydrogen-bond donors (Lipinski definition) is 0. The van der Waals surface area contributed by atoms with E-state index in [1.165, 1.54) is 0 Å². The van der Waals surface area contributed by atoms with Crippen LogP contribution in [0.4, 0.5) is 0 Å². The van der Waals surface area contributed by atoms with Crippen LogP contribution in [0.2, 0.25) is 25.1 Å². The molecule has 0 atom stereocenters. The maximum Gasteiger partial charge on any atom is 0.160 e. The molecule has 1 aromatic carbocycles. The molecule has 0 unspecified atom stereocenters. The van der Waals surface area contributed by atoms with Crippen LogP contribution in [-0.2, 0) is 13.0 Å². The Morgan fingerprint density at radius 3 is 2.00 bits per heavy atom. The molecule has 3 nitrogen and oxygen atoms in total. The fraction of sp³-hybridized carbons (Fsp3) is 0.375. The lowest BCUT2D eigenvalue weighted by Crippen LogP contribution is -2.13. The van der Waals surface area contributed by atoms with E-state index < -0.39 is 0 Å². The Hall–Kier alpha value is -0.290. The van der Waals surface area contributed by atoms with Gasteiger partial charge < -0.3 is 14.1 Å². The summed E-state index contributed by atoms with van der Waals surface area (Å²) in [6.07, 6.45) is 1.87. The quantitative estimate of drug-likeness (QED) is 0.364. The number of nitrogens with zero attached hydrogens (tertiary/aromatic N) is 1. The Morgan fingerprint density at radius 2 is 1.42 bits per heavy atom. The highest BCUT2D eigenvalue weighted by molar-refractivity contribution is 6.55. The van der Waals surface area contributed by atoms with Crippen LogP contribution in [0.15, 0.2) is 16.5 Å². The minimum absolute atomic E-state index is 0.0989. The normalized spacial score (nSPS) is 11.3. The molecule has 1 aromatic heterocycles. The van der Waals surface area contributed by atoms with Crippen molar-refractivity contribution < 1.29 is 9.15 Å². The summed E-state index contributed by atoms with van der Waals surface area (Å²) in [7, 11) is 4.08. The van der Waals surface area contributed by atoms with E-state index in [0.29, 0.717) is 5.76 Å². The van der Waals surface area contributed by atoms with Gasteiger partial charge in [0.05, 0.1) is 15.1 Å². The molecule has 132 valence electrons. The molecule has 0 N–H and O–H groups in total. The number of aryl methyl sites for hydroxylation is 1. The molecular weight excluding hydrogens is 415 g/mol. The van der Waals surface area contributed by atoms with Crippen molar-refractivity contribution in [3.63, 3.8) is 0 Å². The van der Waals surface area contributed by atoms with E-state index in [4.69, 9.17) is 67.2 Å². The van der Waals surface area contributed by atoms with E-state index in [1.54, 1.807) is 0 Å². The van der Waals surface area contributed by atoms with Gasteiger partial charge in [-0.1, -0.05) is 58.0 Å². The van der Waals surface area contributed by atoms with E-state index >= 15 is 0 Å². The number of benzene rings is 1. The van der Waals surface area contributed by atoms with Gasteiger partial charge in [-0.2, -0.15) is 0 Å². The molecule has 8 heteroatoms. The zero-order valence-electron chi connectivity index (χ0n) is 13.1. The Bertz CT molecular complexity index is 686. The van der Waals surface area contributed by atoms with Crippen LogP contribution in [0.5, 0.6) is 5.75 Å². The highest BCUT2D eigenvalue weighted by Crippen LogP contribution is 2.48. The first-order valence-electron chi connectivity index (χ1n) is 7.17. The maximum atomic E-state index is 6.13. The van der Waals surface area contributed by atoms with Crippen molar-refractivity contribution in [3.05, 3.63) is 48.8 Å². The van der Waals surface area contributed by atoms with Gasteiger partial charge in [0.25, 0.3) is 0 Å². The first kappa shape index (κ1) is 20.0. The largest absolute Gasteiger partial charge is 0.482 e. The molecule has 24 heavy (non-hydrogen) atoms. The average molecular weight is 432 g/mol. The Balaban J connectivity index is 2.03. The maximum absolute atomic E-state index is 6.13. The van der Waals surface area contributed by atoms with Gasteiger partial charge in [0.2, 0.25) is 0 Å². The van der Waals surface area contributed by atoms with Crippen LogP contribution >= 0.6 is 58.0 Å².